The van der Waals surface area contributed by atoms with Crippen molar-refractivity contribution in [2.24, 2.45) is 57.5 Å². The summed E-state index contributed by atoms with van der Waals surface area (Å²) >= 11 is 0. The van der Waals surface area contributed by atoms with E-state index in [-0.39, 0.29) is 0 Å². The molecule has 0 aromatic rings. The molecule has 6 fully saturated rings. The van der Waals surface area contributed by atoms with Gasteiger partial charge in [-0.1, -0.05) is 12.8 Å². The second-order valence-electron chi connectivity index (χ2n) is 9.31. The maximum atomic E-state index is 4.89. The Hall–Kier alpha value is -0.660. The van der Waals surface area contributed by atoms with Crippen LogP contribution in [-0.4, -0.2) is 11.4 Å². The molecular formula is C20H28N2. The zero-order valence-electron chi connectivity index (χ0n) is 13.6. The Labute approximate surface area is 133 Å². The maximum Gasteiger partial charge on any atom is 0.0442 e. The topological polar surface area (TPSA) is 24.7 Å². The van der Waals surface area contributed by atoms with E-state index in [2.05, 4.69) is 0 Å². The van der Waals surface area contributed by atoms with E-state index in [0.29, 0.717) is 0 Å². The van der Waals surface area contributed by atoms with Gasteiger partial charge in [-0.25, -0.2) is 0 Å². The lowest BCUT2D eigenvalue weighted by Gasteiger charge is -2.26. The van der Waals surface area contributed by atoms with Crippen LogP contribution in [0.2, 0.25) is 0 Å². The summed E-state index contributed by atoms with van der Waals surface area (Å²) in [5, 5.41) is 9.77. The van der Waals surface area contributed by atoms with Crippen molar-refractivity contribution >= 4 is 11.4 Å². The molecule has 6 aliphatic rings. The van der Waals surface area contributed by atoms with E-state index in [0.717, 1.165) is 47.3 Å². The van der Waals surface area contributed by atoms with Crippen LogP contribution in [0.3, 0.4) is 0 Å². The van der Waals surface area contributed by atoms with Gasteiger partial charge in [0.2, 0.25) is 0 Å². The monoisotopic (exact) mass is 296 g/mol. The minimum absolute atomic E-state index is 0.833. The second-order valence-corrected chi connectivity index (χ2v) is 9.31. The van der Waals surface area contributed by atoms with Gasteiger partial charge in [-0.15, -0.1) is 0 Å². The summed E-state index contributed by atoms with van der Waals surface area (Å²) in [4.78, 5) is 0. The zero-order chi connectivity index (χ0) is 14.3. The van der Waals surface area contributed by atoms with Crippen LogP contribution in [0, 0.1) is 47.3 Å². The molecule has 2 heteroatoms. The molecule has 0 N–H and O–H groups in total. The number of rotatable bonds is 1. The summed E-state index contributed by atoms with van der Waals surface area (Å²) in [7, 11) is 0. The Morgan fingerprint density at radius 3 is 1.55 bits per heavy atom. The SMILES string of the molecule is C1C[C@@H]2[C@H]3C/C(=N/N=C4/C[C@@H]5C[C@H]4[C@H]4CCC[C@@H]54)[C@@H](C3)[C@H]2C1. The summed E-state index contributed by atoms with van der Waals surface area (Å²) in [5.41, 5.74) is 3.01. The smallest absolute Gasteiger partial charge is 0.0442 e. The van der Waals surface area contributed by atoms with Crippen molar-refractivity contribution in [3.8, 4) is 0 Å². The molecule has 4 bridgehead atoms. The van der Waals surface area contributed by atoms with Gasteiger partial charge in [-0.2, -0.15) is 10.2 Å². The third-order valence-corrected chi connectivity index (χ3v) is 8.71. The summed E-state index contributed by atoms with van der Waals surface area (Å²) in [6, 6.07) is 0. The number of fused-ring (bicyclic) bond motifs is 10. The van der Waals surface area contributed by atoms with Gasteiger partial charge in [0.05, 0.1) is 0 Å². The third kappa shape index (κ3) is 1.57. The van der Waals surface area contributed by atoms with Crippen molar-refractivity contribution in [2.45, 2.75) is 64.2 Å². The Balaban J connectivity index is 1.24. The van der Waals surface area contributed by atoms with Crippen molar-refractivity contribution < 1.29 is 0 Å². The van der Waals surface area contributed by atoms with Crippen molar-refractivity contribution in [3.05, 3.63) is 0 Å². The molecule has 0 radical (unpaired) electrons. The summed E-state index contributed by atoms with van der Waals surface area (Å²) in [6.07, 6.45) is 14.5. The molecule has 0 spiro atoms. The first kappa shape index (κ1) is 12.7. The van der Waals surface area contributed by atoms with Gasteiger partial charge in [0.1, 0.15) is 0 Å². The summed E-state index contributed by atoms with van der Waals surface area (Å²) in [5.74, 6) is 7.76. The molecule has 0 unspecified atom stereocenters. The van der Waals surface area contributed by atoms with Crippen LogP contribution in [0.4, 0.5) is 0 Å². The zero-order valence-corrected chi connectivity index (χ0v) is 13.6. The van der Waals surface area contributed by atoms with Crippen LogP contribution >= 0.6 is 0 Å². The number of hydrogen-bond acceptors (Lipinski definition) is 2. The first-order valence-corrected chi connectivity index (χ1v) is 10.0. The predicted octanol–water partition coefficient (Wildman–Crippen LogP) is 4.70. The van der Waals surface area contributed by atoms with E-state index in [4.69, 9.17) is 10.2 Å². The predicted molar refractivity (Wildman–Crippen MR) is 89.0 cm³/mol. The van der Waals surface area contributed by atoms with E-state index in [1.807, 2.05) is 0 Å². The molecule has 22 heavy (non-hydrogen) atoms. The van der Waals surface area contributed by atoms with E-state index >= 15 is 0 Å². The van der Waals surface area contributed by atoms with Crippen molar-refractivity contribution in [1.29, 1.82) is 0 Å². The quantitative estimate of drug-likeness (QED) is 0.627. The molecule has 0 amide bonds. The van der Waals surface area contributed by atoms with Gasteiger partial charge in [0.15, 0.2) is 0 Å². The first-order valence-electron chi connectivity index (χ1n) is 10.0. The Kier molecular flexibility index (Phi) is 2.57. The van der Waals surface area contributed by atoms with Crippen molar-refractivity contribution in [1.82, 2.24) is 0 Å². The first-order chi connectivity index (χ1) is 10.9. The lowest BCUT2D eigenvalue weighted by atomic mass is 9.80. The van der Waals surface area contributed by atoms with E-state index < -0.39 is 0 Å². The molecule has 0 aromatic carbocycles. The molecule has 6 rings (SSSR count). The number of nitrogens with zero attached hydrogens (tertiary/aromatic N) is 2. The molecular weight excluding hydrogens is 268 g/mol. The van der Waals surface area contributed by atoms with Crippen LogP contribution in [0.25, 0.3) is 0 Å². The average molecular weight is 296 g/mol. The van der Waals surface area contributed by atoms with Gasteiger partial charge < -0.3 is 0 Å². The fourth-order valence-electron chi connectivity index (χ4n) is 7.99. The van der Waals surface area contributed by atoms with E-state index in [1.165, 1.54) is 75.6 Å². The summed E-state index contributed by atoms with van der Waals surface area (Å²) in [6.45, 7) is 0. The van der Waals surface area contributed by atoms with Gasteiger partial charge in [-0.05, 0) is 86.9 Å². The average Bonchev–Trinajstić information content (AvgIpc) is 3.33. The fourth-order valence-corrected chi connectivity index (χ4v) is 7.99. The molecule has 8 atom stereocenters. The highest BCUT2D eigenvalue weighted by atomic mass is 15.2. The molecule has 6 aliphatic carbocycles. The molecule has 0 heterocycles. The fraction of sp³-hybridized carbons (Fsp3) is 0.900. The highest BCUT2D eigenvalue weighted by Crippen LogP contribution is 2.59. The van der Waals surface area contributed by atoms with Crippen LogP contribution < -0.4 is 0 Å². The Bertz CT molecular complexity index is 512. The van der Waals surface area contributed by atoms with Gasteiger partial charge in [0.25, 0.3) is 0 Å². The Morgan fingerprint density at radius 1 is 0.591 bits per heavy atom. The molecule has 0 saturated heterocycles. The van der Waals surface area contributed by atoms with Gasteiger partial charge in [-0.3, -0.25) is 0 Å². The molecule has 0 aromatic heterocycles. The second kappa shape index (κ2) is 4.45. The lowest BCUT2D eigenvalue weighted by molar-refractivity contribution is 0.331. The minimum atomic E-state index is 0.833. The van der Waals surface area contributed by atoms with Crippen molar-refractivity contribution in [2.75, 3.05) is 0 Å². The van der Waals surface area contributed by atoms with Gasteiger partial charge >= 0.3 is 0 Å². The van der Waals surface area contributed by atoms with Crippen LogP contribution in [0.5, 0.6) is 0 Å². The molecule has 0 aliphatic heterocycles. The summed E-state index contributed by atoms with van der Waals surface area (Å²) < 4.78 is 0. The third-order valence-electron chi connectivity index (χ3n) is 8.71. The molecule has 118 valence electrons. The molecule has 6 saturated carbocycles. The van der Waals surface area contributed by atoms with E-state index in [9.17, 15) is 0 Å². The molecule has 2 nitrogen and oxygen atoms in total. The van der Waals surface area contributed by atoms with Crippen LogP contribution in [0.1, 0.15) is 64.2 Å². The van der Waals surface area contributed by atoms with Crippen LogP contribution in [0.15, 0.2) is 10.2 Å². The largest absolute Gasteiger partial charge is 0.160 e. The van der Waals surface area contributed by atoms with E-state index in [1.54, 1.807) is 0 Å². The highest BCUT2D eigenvalue weighted by molar-refractivity contribution is 5.93. The lowest BCUT2D eigenvalue weighted by Crippen LogP contribution is -2.25. The van der Waals surface area contributed by atoms with Crippen LogP contribution in [-0.2, 0) is 0 Å². The van der Waals surface area contributed by atoms with Gasteiger partial charge in [0, 0.05) is 23.3 Å². The standard InChI is InChI=1S/C20H28N2/c1-3-13-11-7-17(15(13)5-1)19(9-11)21-22-20-10-12-8-18(20)16-6-2-4-14(12)16/h11-18H,1-10H2/b21-19-,22-20-/t11-,12+,13-,14+,15-,16-,17-,18-/m0/s1. The normalized spacial score (nSPS) is 58.2. The maximum absolute atomic E-state index is 4.89. The Morgan fingerprint density at radius 2 is 1.05 bits per heavy atom. The minimum Gasteiger partial charge on any atom is -0.160 e. The number of hydrogen-bond donors (Lipinski definition) is 0. The van der Waals surface area contributed by atoms with Crippen molar-refractivity contribution in [3.63, 3.8) is 0 Å². The highest BCUT2D eigenvalue weighted by Gasteiger charge is 2.54.